The van der Waals surface area contributed by atoms with Crippen LogP contribution >= 0.6 is 11.3 Å². The molecule has 1 amide bonds. The molecule has 150 valence electrons. The zero-order valence-electron chi connectivity index (χ0n) is 17.1. The van der Waals surface area contributed by atoms with Gasteiger partial charge in [0.15, 0.2) is 0 Å². The van der Waals surface area contributed by atoms with Crippen molar-refractivity contribution in [3.8, 4) is 11.8 Å². The summed E-state index contributed by atoms with van der Waals surface area (Å²) in [4.78, 5) is 22.0. The van der Waals surface area contributed by atoms with E-state index >= 15 is 0 Å². The highest BCUT2D eigenvalue weighted by Crippen LogP contribution is 2.35. The van der Waals surface area contributed by atoms with E-state index in [1.54, 1.807) is 6.21 Å². The third kappa shape index (κ3) is 3.29. The highest BCUT2D eigenvalue weighted by atomic mass is 32.1. The van der Waals surface area contributed by atoms with Gasteiger partial charge >= 0.3 is 0 Å². The van der Waals surface area contributed by atoms with Crippen LogP contribution in [0.4, 0.5) is 0 Å². The lowest BCUT2D eigenvalue weighted by atomic mass is 10.1. The first-order valence-electron chi connectivity index (χ1n) is 9.37. The van der Waals surface area contributed by atoms with E-state index in [0.717, 1.165) is 44.0 Å². The third-order valence-corrected chi connectivity index (χ3v) is 6.07. The number of thiophene rings is 1. The smallest absolute Gasteiger partial charge is 0.283 e. The Kier molecular flexibility index (Phi) is 4.98. The number of aromatic nitrogens is 3. The van der Waals surface area contributed by atoms with Crippen molar-refractivity contribution in [2.24, 2.45) is 5.10 Å². The van der Waals surface area contributed by atoms with Gasteiger partial charge in [0.1, 0.15) is 21.5 Å². The van der Waals surface area contributed by atoms with Crippen LogP contribution in [0.15, 0.2) is 35.7 Å². The molecule has 0 fully saturated rings. The predicted molar refractivity (Wildman–Crippen MR) is 118 cm³/mol. The first-order chi connectivity index (χ1) is 14.4. The number of hydrogen-bond acceptors (Lipinski definition) is 5. The molecule has 7 nitrogen and oxygen atoms in total. The van der Waals surface area contributed by atoms with Crippen LogP contribution in [0.3, 0.4) is 0 Å². The average Bonchev–Trinajstić information content (AvgIpc) is 3.41. The van der Waals surface area contributed by atoms with Crippen LogP contribution in [-0.2, 0) is 0 Å². The number of carbonyl (C=O) groups excluding carboxylic acids is 1. The number of aromatic amines is 1. The Bertz CT molecular complexity index is 1330. The molecule has 0 bridgehead atoms. The SMILES string of the molecule is Cc1cc(C)c2c(-n3cccc3)c(C(=O)N/N=C/c3c(C)[nH]c(C#N)c3C)sc2n1. The zero-order chi connectivity index (χ0) is 21.4. The van der Waals surface area contributed by atoms with Crippen LogP contribution in [0.25, 0.3) is 15.9 Å². The number of H-pyrrole nitrogens is 1. The van der Waals surface area contributed by atoms with E-state index in [2.05, 4.69) is 26.6 Å². The number of hydrazone groups is 1. The van der Waals surface area contributed by atoms with Gasteiger partial charge in [0, 0.05) is 34.7 Å². The summed E-state index contributed by atoms with van der Waals surface area (Å²) in [5.41, 5.74) is 8.34. The Labute approximate surface area is 177 Å². The predicted octanol–water partition coefficient (Wildman–Crippen LogP) is 4.28. The van der Waals surface area contributed by atoms with Gasteiger partial charge in [-0.2, -0.15) is 10.4 Å². The normalized spacial score (nSPS) is 11.3. The fraction of sp³-hybridized carbons (Fsp3) is 0.182. The number of hydrogen-bond donors (Lipinski definition) is 2. The highest BCUT2D eigenvalue weighted by Gasteiger charge is 2.22. The van der Waals surface area contributed by atoms with Crippen LogP contribution in [0.2, 0.25) is 0 Å². The van der Waals surface area contributed by atoms with E-state index in [1.807, 2.05) is 62.9 Å². The van der Waals surface area contributed by atoms with E-state index in [0.29, 0.717) is 10.6 Å². The minimum Gasteiger partial charge on any atom is -0.350 e. The van der Waals surface area contributed by atoms with Gasteiger partial charge in [0.2, 0.25) is 0 Å². The number of pyridine rings is 1. The summed E-state index contributed by atoms with van der Waals surface area (Å²) in [5, 5.41) is 14.3. The minimum absolute atomic E-state index is 0.304. The summed E-state index contributed by atoms with van der Waals surface area (Å²) in [7, 11) is 0. The first-order valence-corrected chi connectivity index (χ1v) is 10.2. The van der Waals surface area contributed by atoms with Crippen molar-refractivity contribution in [1.82, 2.24) is 20.0 Å². The second kappa shape index (κ2) is 7.61. The summed E-state index contributed by atoms with van der Waals surface area (Å²) in [6, 6.07) is 7.98. The number of nitrogens with one attached hydrogen (secondary N) is 2. The number of fused-ring (bicyclic) bond motifs is 1. The van der Waals surface area contributed by atoms with Gasteiger partial charge in [-0.3, -0.25) is 4.79 Å². The van der Waals surface area contributed by atoms with E-state index in [4.69, 9.17) is 5.26 Å². The topological polar surface area (TPSA) is 98.9 Å². The highest BCUT2D eigenvalue weighted by molar-refractivity contribution is 7.21. The Balaban J connectivity index is 1.72. The maximum absolute atomic E-state index is 13.0. The Morgan fingerprint density at radius 3 is 2.70 bits per heavy atom. The van der Waals surface area contributed by atoms with Gasteiger partial charge in [0.25, 0.3) is 5.91 Å². The molecule has 4 rings (SSSR count). The molecular formula is C22H20N6OS. The van der Waals surface area contributed by atoms with Gasteiger partial charge in [-0.05, 0) is 57.0 Å². The van der Waals surface area contributed by atoms with Crippen LogP contribution < -0.4 is 5.43 Å². The summed E-state index contributed by atoms with van der Waals surface area (Å²) in [5.74, 6) is -0.304. The molecule has 0 aliphatic heterocycles. The summed E-state index contributed by atoms with van der Waals surface area (Å²) >= 11 is 1.35. The monoisotopic (exact) mass is 416 g/mol. The number of rotatable bonds is 4. The molecule has 4 aromatic rings. The molecule has 2 N–H and O–H groups in total. The fourth-order valence-corrected chi connectivity index (χ4v) is 4.77. The first kappa shape index (κ1) is 19.6. The fourth-order valence-electron chi connectivity index (χ4n) is 3.58. The average molecular weight is 417 g/mol. The van der Waals surface area contributed by atoms with Crippen molar-refractivity contribution in [2.45, 2.75) is 27.7 Å². The van der Waals surface area contributed by atoms with Crippen LogP contribution in [0, 0.1) is 39.0 Å². The molecule has 0 saturated carbocycles. The van der Waals surface area contributed by atoms with Crippen LogP contribution in [0.1, 0.15) is 43.4 Å². The van der Waals surface area contributed by atoms with Gasteiger partial charge < -0.3 is 9.55 Å². The lowest BCUT2D eigenvalue weighted by Gasteiger charge is -2.07. The van der Waals surface area contributed by atoms with Gasteiger partial charge in [-0.1, -0.05) is 0 Å². The molecule has 0 atom stereocenters. The zero-order valence-corrected chi connectivity index (χ0v) is 17.9. The molecule has 4 heterocycles. The molecule has 0 saturated heterocycles. The second-order valence-electron chi connectivity index (χ2n) is 7.11. The van der Waals surface area contributed by atoms with E-state index < -0.39 is 0 Å². The number of amides is 1. The molecule has 30 heavy (non-hydrogen) atoms. The van der Waals surface area contributed by atoms with Gasteiger partial charge in [0.05, 0.1) is 11.9 Å². The molecule has 0 aromatic carbocycles. The number of aryl methyl sites for hydroxylation is 3. The number of nitriles is 1. The van der Waals surface area contributed by atoms with E-state index in [-0.39, 0.29) is 5.91 Å². The molecule has 0 spiro atoms. The van der Waals surface area contributed by atoms with Gasteiger partial charge in [-0.25, -0.2) is 10.4 Å². The van der Waals surface area contributed by atoms with Crippen LogP contribution in [0.5, 0.6) is 0 Å². The van der Waals surface area contributed by atoms with Crippen molar-refractivity contribution in [2.75, 3.05) is 0 Å². The molecule has 0 aliphatic rings. The van der Waals surface area contributed by atoms with Crippen molar-refractivity contribution >= 4 is 33.7 Å². The Hall–Kier alpha value is -3.70. The summed E-state index contributed by atoms with van der Waals surface area (Å²) < 4.78 is 1.93. The number of carbonyl (C=O) groups is 1. The van der Waals surface area contributed by atoms with Crippen molar-refractivity contribution < 1.29 is 4.79 Å². The molecule has 0 radical (unpaired) electrons. The van der Waals surface area contributed by atoms with Crippen molar-refractivity contribution in [3.63, 3.8) is 0 Å². The molecular weight excluding hydrogens is 396 g/mol. The number of nitrogens with zero attached hydrogens (tertiary/aromatic N) is 4. The molecule has 4 aromatic heterocycles. The maximum atomic E-state index is 13.0. The molecule has 8 heteroatoms. The Morgan fingerprint density at radius 1 is 1.30 bits per heavy atom. The molecule has 0 aliphatic carbocycles. The van der Waals surface area contributed by atoms with Crippen molar-refractivity contribution in [1.29, 1.82) is 5.26 Å². The standard InChI is InChI=1S/C22H20N6OS/c1-12-9-13(2)25-22-18(12)19(28-7-5-6-8-28)20(30-22)21(29)27-24-11-16-14(3)17(10-23)26-15(16)4/h5-9,11,26H,1-4H3,(H,27,29)/b24-11+. The van der Waals surface area contributed by atoms with E-state index in [9.17, 15) is 4.79 Å². The summed E-state index contributed by atoms with van der Waals surface area (Å²) in [6.45, 7) is 7.69. The molecule has 0 unspecified atom stereocenters. The largest absolute Gasteiger partial charge is 0.350 e. The Morgan fingerprint density at radius 2 is 2.03 bits per heavy atom. The van der Waals surface area contributed by atoms with Gasteiger partial charge in [-0.15, -0.1) is 11.3 Å². The van der Waals surface area contributed by atoms with Crippen molar-refractivity contribution in [3.05, 3.63) is 69.2 Å². The second-order valence-corrected chi connectivity index (χ2v) is 8.10. The lowest BCUT2D eigenvalue weighted by Crippen LogP contribution is -2.18. The minimum atomic E-state index is -0.304. The van der Waals surface area contributed by atoms with Crippen LogP contribution in [-0.4, -0.2) is 26.7 Å². The third-order valence-electron chi connectivity index (χ3n) is 5.00. The summed E-state index contributed by atoms with van der Waals surface area (Å²) in [6.07, 6.45) is 5.39. The quantitative estimate of drug-likeness (QED) is 0.384. The lowest BCUT2D eigenvalue weighted by molar-refractivity contribution is 0.0959. The maximum Gasteiger partial charge on any atom is 0.283 e. The van der Waals surface area contributed by atoms with E-state index in [1.165, 1.54) is 11.3 Å².